The molecule has 1 aromatic heterocycles. The number of hydrogen-bond acceptors (Lipinski definition) is 6. The molecule has 1 aromatic carbocycles. The zero-order valence-corrected chi connectivity index (χ0v) is 12.0. The van der Waals surface area contributed by atoms with E-state index in [0.717, 1.165) is 6.08 Å². The lowest BCUT2D eigenvalue weighted by molar-refractivity contribution is 0.103. The number of allylic oxidation sites excluding steroid dienone is 1. The van der Waals surface area contributed by atoms with Crippen molar-refractivity contribution < 1.29 is 18.7 Å². The third kappa shape index (κ3) is 3.41. The van der Waals surface area contributed by atoms with Gasteiger partial charge in [-0.15, -0.1) is 5.53 Å². The van der Waals surface area contributed by atoms with Crippen molar-refractivity contribution in [1.29, 1.82) is 0 Å². The molecule has 0 bridgehead atoms. The highest BCUT2D eigenvalue weighted by Gasteiger charge is 2.16. The Balaban J connectivity index is 1.78. The molecule has 2 aromatic rings. The molecule has 3 rings (SSSR count). The minimum absolute atomic E-state index is 0.269. The van der Waals surface area contributed by atoms with Gasteiger partial charge in [0.1, 0.15) is 11.6 Å². The van der Waals surface area contributed by atoms with Gasteiger partial charge in [0, 0.05) is 24.9 Å². The van der Waals surface area contributed by atoms with Gasteiger partial charge in [-0.25, -0.2) is 9.40 Å². The second-order valence-electron chi connectivity index (χ2n) is 4.87. The van der Waals surface area contributed by atoms with E-state index < -0.39 is 5.78 Å². The number of aliphatic hydroxyl groups is 1. The number of nitrogens with one attached hydrogen (secondary N) is 2. The maximum absolute atomic E-state index is 13.2. The minimum Gasteiger partial charge on any atom is -0.493 e. The number of hydrazine groups is 2. The number of halogens is 1. The van der Waals surface area contributed by atoms with Gasteiger partial charge in [0.25, 0.3) is 0 Å². The third-order valence-electron chi connectivity index (χ3n) is 3.26. The van der Waals surface area contributed by atoms with Crippen molar-refractivity contribution in [3.05, 3.63) is 83.7 Å². The van der Waals surface area contributed by atoms with Gasteiger partial charge in [-0.1, -0.05) is 12.1 Å². The SMILES string of the molecule is O=C(C=C(O)N1C=CNN1)c1ccoc1Cc1cccc(F)c1. The number of ketones is 1. The van der Waals surface area contributed by atoms with E-state index in [1.165, 1.54) is 35.7 Å². The van der Waals surface area contributed by atoms with Crippen LogP contribution in [0.1, 0.15) is 21.7 Å². The zero-order chi connectivity index (χ0) is 16.2. The molecule has 118 valence electrons. The average Bonchev–Trinajstić information content (AvgIpc) is 3.18. The molecule has 0 atom stereocenters. The van der Waals surface area contributed by atoms with Gasteiger partial charge in [-0.2, -0.15) is 0 Å². The van der Waals surface area contributed by atoms with E-state index in [2.05, 4.69) is 11.0 Å². The number of aliphatic hydroxyl groups excluding tert-OH is 1. The van der Waals surface area contributed by atoms with Crippen LogP contribution in [0.15, 0.2) is 65.4 Å². The molecule has 0 radical (unpaired) electrons. The summed E-state index contributed by atoms with van der Waals surface area (Å²) in [6.07, 6.45) is 5.82. The molecule has 0 saturated heterocycles. The summed E-state index contributed by atoms with van der Waals surface area (Å²) in [6.45, 7) is 0. The Labute approximate surface area is 131 Å². The van der Waals surface area contributed by atoms with Crippen LogP contribution in [-0.4, -0.2) is 15.9 Å². The van der Waals surface area contributed by atoms with Crippen LogP contribution in [0.3, 0.4) is 0 Å². The summed E-state index contributed by atoms with van der Waals surface area (Å²) in [6, 6.07) is 7.60. The molecule has 0 amide bonds. The fourth-order valence-corrected chi connectivity index (χ4v) is 2.18. The highest BCUT2D eigenvalue weighted by molar-refractivity contribution is 6.05. The topological polar surface area (TPSA) is 77.7 Å². The van der Waals surface area contributed by atoms with Gasteiger partial charge < -0.3 is 14.9 Å². The number of carbonyl (C=O) groups is 1. The van der Waals surface area contributed by atoms with Gasteiger partial charge in [-0.05, 0) is 23.8 Å². The minimum atomic E-state index is -0.412. The number of hydrogen-bond donors (Lipinski definition) is 3. The van der Waals surface area contributed by atoms with E-state index >= 15 is 0 Å². The molecule has 0 aliphatic carbocycles. The first kappa shape index (κ1) is 14.9. The molecule has 1 aliphatic heterocycles. The predicted molar refractivity (Wildman–Crippen MR) is 80.2 cm³/mol. The fourth-order valence-electron chi connectivity index (χ4n) is 2.18. The first-order valence-corrected chi connectivity index (χ1v) is 6.86. The molecule has 0 spiro atoms. The highest BCUT2D eigenvalue weighted by Crippen LogP contribution is 2.18. The Morgan fingerprint density at radius 2 is 2.26 bits per heavy atom. The molecule has 3 N–H and O–H groups in total. The van der Waals surface area contributed by atoms with E-state index in [4.69, 9.17) is 4.42 Å². The Bertz CT molecular complexity index is 782. The van der Waals surface area contributed by atoms with Gasteiger partial charge >= 0.3 is 0 Å². The molecule has 23 heavy (non-hydrogen) atoms. The maximum atomic E-state index is 13.2. The van der Waals surface area contributed by atoms with Crippen LogP contribution in [0.25, 0.3) is 0 Å². The van der Waals surface area contributed by atoms with E-state index in [9.17, 15) is 14.3 Å². The Kier molecular flexibility index (Phi) is 4.11. The molecular formula is C16H14FN3O3. The Hall–Kier alpha value is -3.06. The monoisotopic (exact) mass is 315 g/mol. The molecule has 7 heteroatoms. The van der Waals surface area contributed by atoms with E-state index in [-0.39, 0.29) is 18.1 Å². The molecule has 0 fully saturated rings. The van der Waals surface area contributed by atoms with E-state index in [0.29, 0.717) is 16.9 Å². The lowest BCUT2D eigenvalue weighted by atomic mass is 10.0. The lowest BCUT2D eigenvalue weighted by Gasteiger charge is -2.13. The van der Waals surface area contributed by atoms with E-state index in [1.54, 1.807) is 18.3 Å². The van der Waals surface area contributed by atoms with Gasteiger partial charge in [0.05, 0.1) is 11.8 Å². The smallest absolute Gasteiger partial charge is 0.211 e. The molecule has 6 nitrogen and oxygen atoms in total. The van der Waals surface area contributed by atoms with Crippen molar-refractivity contribution >= 4 is 5.78 Å². The summed E-state index contributed by atoms with van der Waals surface area (Å²) in [7, 11) is 0. The van der Waals surface area contributed by atoms with Crippen LogP contribution >= 0.6 is 0 Å². The fraction of sp³-hybridized carbons (Fsp3) is 0.0625. The number of carbonyl (C=O) groups excluding carboxylic acids is 1. The first-order valence-electron chi connectivity index (χ1n) is 6.86. The van der Waals surface area contributed by atoms with Crippen LogP contribution in [0, 0.1) is 5.82 Å². The molecule has 1 aliphatic rings. The van der Waals surface area contributed by atoms with Crippen molar-refractivity contribution in [1.82, 2.24) is 16.0 Å². The van der Waals surface area contributed by atoms with Crippen LogP contribution in [-0.2, 0) is 6.42 Å². The third-order valence-corrected chi connectivity index (χ3v) is 3.26. The Morgan fingerprint density at radius 1 is 1.39 bits per heavy atom. The highest BCUT2D eigenvalue weighted by atomic mass is 19.1. The van der Waals surface area contributed by atoms with Crippen LogP contribution in [0.4, 0.5) is 4.39 Å². The molecule has 0 unspecified atom stereocenters. The van der Waals surface area contributed by atoms with Gasteiger partial charge in [-0.3, -0.25) is 4.79 Å². The van der Waals surface area contributed by atoms with Crippen LogP contribution in [0.5, 0.6) is 0 Å². The second-order valence-corrected chi connectivity index (χ2v) is 4.87. The van der Waals surface area contributed by atoms with Gasteiger partial charge in [0.15, 0.2) is 5.78 Å². The first-order chi connectivity index (χ1) is 11.1. The van der Waals surface area contributed by atoms with Crippen molar-refractivity contribution in [2.24, 2.45) is 0 Å². The standard InChI is InChI=1S/C16H14FN3O3/c17-12-3-1-2-11(8-12)9-15-13(4-7-23-15)14(21)10-16(22)20-6-5-18-19-20/h1-8,10,18-19,22H,9H2. The summed E-state index contributed by atoms with van der Waals surface area (Å²) in [5.41, 5.74) is 6.25. The van der Waals surface area contributed by atoms with Crippen molar-refractivity contribution in [2.75, 3.05) is 0 Å². The molecule has 0 saturated carbocycles. The molecule has 2 heterocycles. The van der Waals surface area contributed by atoms with E-state index in [1.807, 2.05) is 0 Å². The largest absolute Gasteiger partial charge is 0.493 e. The second kappa shape index (κ2) is 6.37. The normalized spacial score (nSPS) is 14.1. The maximum Gasteiger partial charge on any atom is 0.211 e. The summed E-state index contributed by atoms with van der Waals surface area (Å²) >= 11 is 0. The van der Waals surface area contributed by atoms with Crippen molar-refractivity contribution in [3.8, 4) is 0 Å². The quantitative estimate of drug-likeness (QED) is 0.447. The van der Waals surface area contributed by atoms with Gasteiger partial charge in [0.2, 0.25) is 5.88 Å². The zero-order valence-electron chi connectivity index (χ0n) is 12.0. The van der Waals surface area contributed by atoms with Crippen LogP contribution < -0.4 is 11.0 Å². The lowest BCUT2D eigenvalue weighted by Crippen LogP contribution is -2.35. The average molecular weight is 315 g/mol. The summed E-state index contributed by atoms with van der Waals surface area (Å²) in [5, 5.41) is 11.1. The van der Waals surface area contributed by atoms with Crippen molar-refractivity contribution in [2.45, 2.75) is 6.42 Å². The summed E-state index contributed by atoms with van der Waals surface area (Å²) in [5.74, 6) is -0.620. The number of benzene rings is 1. The molecular weight excluding hydrogens is 301 g/mol. The van der Waals surface area contributed by atoms with Crippen molar-refractivity contribution in [3.63, 3.8) is 0 Å². The van der Waals surface area contributed by atoms with Crippen LogP contribution in [0.2, 0.25) is 0 Å². The number of furan rings is 1. The summed E-state index contributed by atoms with van der Waals surface area (Å²) in [4.78, 5) is 12.3. The Morgan fingerprint density at radius 3 is 3.00 bits per heavy atom. The number of rotatable bonds is 5. The summed E-state index contributed by atoms with van der Waals surface area (Å²) < 4.78 is 18.6. The number of nitrogens with zero attached hydrogens (tertiary/aromatic N) is 1. The predicted octanol–water partition coefficient (Wildman–Crippen LogP) is 2.39.